The van der Waals surface area contributed by atoms with Gasteiger partial charge in [-0.2, -0.15) is 0 Å². The van der Waals surface area contributed by atoms with Crippen LogP contribution in [0.25, 0.3) is 0 Å². The van der Waals surface area contributed by atoms with Crippen molar-refractivity contribution >= 4 is 11.8 Å². The van der Waals surface area contributed by atoms with E-state index >= 15 is 0 Å². The molecule has 0 aliphatic carbocycles. The number of rotatable bonds is 18. The smallest absolute Gasteiger partial charge is 0.313 e. The number of hydrogen-bond acceptors (Lipinski definition) is 3. The summed E-state index contributed by atoms with van der Waals surface area (Å²) in [4.78, 5) is 22.4. The van der Waals surface area contributed by atoms with Gasteiger partial charge in [-0.1, -0.05) is 97.3 Å². The van der Waals surface area contributed by atoms with Gasteiger partial charge >= 0.3 is 5.97 Å². The Morgan fingerprint density at radius 1 is 0.625 bits per heavy atom. The van der Waals surface area contributed by atoms with Crippen LogP contribution in [0.4, 0.5) is 0 Å². The molecular weight excluding hydrogens is 300 g/mol. The lowest BCUT2D eigenvalue weighted by atomic mass is 10.0. The zero-order chi connectivity index (χ0) is 17.9. The maximum atomic E-state index is 11.3. The molecule has 0 rings (SSSR count). The van der Waals surface area contributed by atoms with Crippen molar-refractivity contribution in [1.29, 1.82) is 0 Å². The van der Waals surface area contributed by atoms with Crippen LogP contribution in [0.3, 0.4) is 0 Å². The van der Waals surface area contributed by atoms with Crippen molar-refractivity contribution in [2.75, 3.05) is 6.61 Å². The number of carbonyl (C=O) groups excluding carboxylic acids is 2. The normalized spacial score (nSPS) is 10.8. The van der Waals surface area contributed by atoms with E-state index in [9.17, 15) is 9.59 Å². The fourth-order valence-corrected chi connectivity index (χ4v) is 2.82. The summed E-state index contributed by atoms with van der Waals surface area (Å²) in [7, 11) is 0. The second-order valence-corrected chi connectivity index (χ2v) is 6.89. The molecule has 0 amide bonds. The standard InChI is InChI=1S/C21H40O3/c1-3-5-6-7-8-9-10-11-12-13-14-15-16-17-18-24-21(23)19-20(22)4-2/h3-19H2,1-2H3. The maximum Gasteiger partial charge on any atom is 0.313 e. The Kier molecular flexibility index (Phi) is 17.8. The van der Waals surface area contributed by atoms with Crippen molar-refractivity contribution in [1.82, 2.24) is 0 Å². The van der Waals surface area contributed by atoms with Gasteiger partial charge in [-0.15, -0.1) is 0 Å². The van der Waals surface area contributed by atoms with E-state index in [1.54, 1.807) is 6.92 Å². The van der Waals surface area contributed by atoms with Crippen LogP contribution < -0.4 is 0 Å². The fourth-order valence-electron chi connectivity index (χ4n) is 2.82. The van der Waals surface area contributed by atoms with Gasteiger partial charge in [-0.3, -0.25) is 9.59 Å². The molecule has 0 aromatic carbocycles. The van der Waals surface area contributed by atoms with Crippen LogP contribution in [0.5, 0.6) is 0 Å². The summed E-state index contributed by atoms with van der Waals surface area (Å²) in [6.45, 7) is 4.50. The molecule has 0 spiro atoms. The largest absolute Gasteiger partial charge is 0.465 e. The Morgan fingerprint density at radius 3 is 1.46 bits per heavy atom. The number of Topliss-reactive ketones (excluding diaryl/α,β-unsaturated/α-hetero) is 1. The molecule has 0 atom stereocenters. The van der Waals surface area contributed by atoms with Crippen LogP contribution in [-0.4, -0.2) is 18.4 Å². The molecule has 24 heavy (non-hydrogen) atoms. The second kappa shape index (κ2) is 18.5. The summed E-state index contributed by atoms with van der Waals surface area (Å²) in [5.74, 6) is -0.405. The molecule has 0 aromatic rings. The molecule has 0 heterocycles. The number of ketones is 1. The van der Waals surface area contributed by atoms with E-state index in [1.165, 1.54) is 77.0 Å². The summed E-state index contributed by atoms with van der Waals surface area (Å²) in [5, 5.41) is 0. The van der Waals surface area contributed by atoms with E-state index in [4.69, 9.17) is 4.74 Å². The molecule has 0 unspecified atom stereocenters. The van der Waals surface area contributed by atoms with E-state index < -0.39 is 0 Å². The number of carbonyl (C=O) groups is 2. The van der Waals surface area contributed by atoms with Crippen molar-refractivity contribution in [2.45, 2.75) is 117 Å². The molecule has 0 saturated heterocycles. The summed E-state index contributed by atoms with van der Waals surface area (Å²) < 4.78 is 5.06. The molecule has 0 fully saturated rings. The fraction of sp³-hybridized carbons (Fsp3) is 0.905. The van der Waals surface area contributed by atoms with Gasteiger partial charge in [0, 0.05) is 6.42 Å². The van der Waals surface area contributed by atoms with Gasteiger partial charge in [0.15, 0.2) is 0 Å². The molecular formula is C21H40O3. The molecule has 3 nitrogen and oxygen atoms in total. The Morgan fingerprint density at radius 2 is 1.04 bits per heavy atom. The van der Waals surface area contributed by atoms with Crippen LogP contribution in [-0.2, 0) is 14.3 Å². The third-order valence-corrected chi connectivity index (χ3v) is 4.50. The highest BCUT2D eigenvalue weighted by molar-refractivity contribution is 5.95. The first-order chi connectivity index (χ1) is 11.7. The lowest BCUT2D eigenvalue weighted by Crippen LogP contribution is -2.11. The molecule has 0 aliphatic heterocycles. The molecule has 0 saturated carbocycles. The Bertz CT molecular complexity index is 299. The quantitative estimate of drug-likeness (QED) is 0.165. The van der Waals surface area contributed by atoms with Crippen LogP contribution in [0.2, 0.25) is 0 Å². The van der Waals surface area contributed by atoms with Crippen molar-refractivity contribution < 1.29 is 14.3 Å². The van der Waals surface area contributed by atoms with Gasteiger partial charge in [0.05, 0.1) is 6.61 Å². The number of unbranched alkanes of at least 4 members (excludes halogenated alkanes) is 13. The Balaban J connectivity index is 3.12. The lowest BCUT2D eigenvalue weighted by molar-refractivity contribution is -0.146. The average molecular weight is 341 g/mol. The summed E-state index contributed by atoms with van der Waals surface area (Å²) in [5.41, 5.74) is 0. The van der Waals surface area contributed by atoms with Gasteiger partial charge < -0.3 is 4.74 Å². The van der Waals surface area contributed by atoms with E-state index in [1.807, 2.05) is 0 Å². The van der Waals surface area contributed by atoms with Crippen LogP contribution in [0.1, 0.15) is 117 Å². The minimum Gasteiger partial charge on any atom is -0.465 e. The van der Waals surface area contributed by atoms with Gasteiger partial charge in [0.1, 0.15) is 12.2 Å². The Labute approximate surface area is 149 Å². The third kappa shape index (κ3) is 17.5. The van der Waals surface area contributed by atoms with E-state index in [0.29, 0.717) is 13.0 Å². The van der Waals surface area contributed by atoms with Crippen molar-refractivity contribution in [2.24, 2.45) is 0 Å². The van der Waals surface area contributed by atoms with Crippen molar-refractivity contribution in [3.05, 3.63) is 0 Å². The maximum absolute atomic E-state index is 11.3. The highest BCUT2D eigenvalue weighted by Crippen LogP contribution is 2.12. The molecule has 0 aromatic heterocycles. The average Bonchev–Trinajstić information content (AvgIpc) is 2.58. The topological polar surface area (TPSA) is 43.4 Å². The minimum absolute atomic E-state index is 0.0408. The summed E-state index contributed by atoms with van der Waals surface area (Å²) >= 11 is 0. The monoisotopic (exact) mass is 340 g/mol. The van der Waals surface area contributed by atoms with Gasteiger partial charge in [0.25, 0.3) is 0 Å². The zero-order valence-corrected chi connectivity index (χ0v) is 16.2. The zero-order valence-electron chi connectivity index (χ0n) is 16.2. The first kappa shape index (κ1) is 23.1. The molecule has 142 valence electrons. The van der Waals surface area contributed by atoms with Crippen LogP contribution in [0.15, 0.2) is 0 Å². The molecule has 0 aliphatic rings. The summed E-state index contributed by atoms with van der Waals surface area (Å²) in [6, 6.07) is 0. The minimum atomic E-state index is -0.364. The van der Waals surface area contributed by atoms with Crippen molar-refractivity contribution in [3.63, 3.8) is 0 Å². The predicted molar refractivity (Wildman–Crippen MR) is 101 cm³/mol. The predicted octanol–water partition coefficient (Wildman–Crippen LogP) is 6.38. The third-order valence-electron chi connectivity index (χ3n) is 4.50. The number of hydrogen-bond donors (Lipinski definition) is 0. The van der Waals surface area contributed by atoms with Gasteiger partial charge in [0.2, 0.25) is 0 Å². The van der Waals surface area contributed by atoms with Gasteiger partial charge in [-0.25, -0.2) is 0 Å². The number of ether oxygens (including phenoxy) is 1. The van der Waals surface area contributed by atoms with Crippen molar-refractivity contribution in [3.8, 4) is 0 Å². The van der Waals surface area contributed by atoms with Gasteiger partial charge in [-0.05, 0) is 6.42 Å². The van der Waals surface area contributed by atoms with E-state index in [-0.39, 0.29) is 18.2 Å². The van der Waals surface area contributed by atoms with Crippen LogP contribution >= 0.6 is 0 Å². The highest BCUT2D eigenvalue weighted by atomic mass is 16.5. The molecule has 0 radical (unpaired) electrons. The number of esters is 1. The first-order valence-electron chi connectivity index (χ1n) is 10.4. The molecule has 3 heteroatoms. The molecule has 0 N–H and O–H groups in total. The SMILES string of the molecule is CCCCCCCCCCCCCCCCOC(=O)CC(=O)CC. The second-order valence-electron chi connectivity index (χ2n) is 6.89. The highest BCUT2D eigenvalue weighted by Gasteiger charge is 2.07. The van der Waals surface area contributed by atoms with Crippen LogP contribution in [0, 0.1) is 0 Å². The van der Waals surface area contributed by atoms with E-state index in [0.717, 1.165) is 12.8 Å². The first-order valence-corrected chi connectivity index (χ1v) is 10.4. The lowest BCUT2D eigenvalue weighted by Gasteiger charge is -2.05. The Hall–Kier alpha value is -0.860. The summed E-state index contributed by atoms with van der Waals surface area (Å²) in [6.07, 6.45) is 18.8. The molecule has 0 bridgehead atoms. The van der Waals surface area contributed by atoms with E-state index in [2.05, 4.69) is 6.92 Å².